The molecule has 1 unspecified atom stereocenters. The highest BCUT2D eigenvalue weighted by Gasteiger charge is 2.35. The molecule has 1 aromatic carbocycles. The number of ether oxygens (including phenoxy) is 1. The molecule has 7 heteroatoms. The number of carbonyl (C=O) groups excluding carboxylic acids is 2. The van der Waals surface area contributed by atoms with Gasteiger partial charge in [0.15, 0.2) is 0 Å². The summed E-state index contributed by atoms with van der Waals surface area (Å²) in [5.41, 5.74) is 0.637. The summed E-state index contributed by atoms with van der Waals surface area (Å²) >= 11 is 0. The Hall–Kier alpha value is -2.12. The van der Waals surface area contributed by atoms with Crippen molar-refractivity contribution in [1.82, 2.24) is 14.9 Å². The van der Waals surface area contributed by atoms with E-state index in [1.807, 2.05) is 39.0 Å². The van der Waals surface area contributed by atoms with E-state index in [9.17, 15) is 9.59 Å². The third kappa shape index (κ3) is 6.52. The van der Waals surface area contributed by atoms with Gasteiger partial charge in [0.1, 0.15) is 5.60 Å². The molecule has 1 fully saturated rings. The average molecular weight is 377 g/mol. The molecule has 0 saturated carbocycles. The summed E-state index contributed by atoms with van der Waals surface area (Å²) in [4.78, 5) is 33.9. The van der Waals surface area contributed by atoms with Crippen molar-refractivity contribution in [2.45, 2.75) is 45.4 Å². The standard InChI is InChI=1S/C20H31N3O4/c1-20(2,3)27-19(25)23-12-11-22(14-16-9-7-6-8-10-16)15-17(23)13-18(24)21(4)26-5/h6-10,17H,11-15H2,1-5H3. The summed E-state index contributed by atoms with van der Waals surface area (Å²) in [6.07, 6.45) is -0.186. The van der Waals surface area contributed by atoms with Gasteiger partial charge < -0.3 is 9.64 Å². The SMILES string of the molecule is CON(C)C(=O)CC1CN(Cc2ccccc2)CCN1C(=O)OC(C)(C)C. The first-order valence-electron chi connectivity index (χ1n) is 9.26. The lowest BCUT2D eigenvalue weighted by molar-refractivity contribution is -0.170. The first kappa shape index (κ1) is 21.2. The molecule has 7 nitrogen and oxygen atoms in total. The van der Waals surface area contributed by atoms with Gasteiger partial charge in [0, 0.05) is 33.2 Å². The van der Waals surface area contributed by atoms with E-state index in [4.69, 9.17) is 9.57 Å². The van der Waals surface area contributed by atoms with Gasteiger partial charge in [0.25, 0.3) is 0 Å². The zero-order chi connectivity index (χ0) is 20.0. The van der Waals surface area contributed by atoms with Crippen LogP contribution >= 0.6 is 0 Å². The fourth-order valence-electron chi connectivity index (χ4n) is 3.07. The van der Waals surface area contributed by atoms with Crippen LogP contribution in [0.1, 0.15) is 32.8 Å². The minimum absolute atomic E-state index is 0.169. The van der Waals surface area contributed by atoms with Crippen molar-refractivity contribution in [2.24, 2.45) is 0 Å². The lowest BCUT2D eigenvalue weighted by atomic mass is 10.1. The van der Waals surface area contributed by atoms with Crippen LogP contribution in [0.15, 0.2) is 30.3 Å². The Morgan fingerprint density at radius 3 is 2.44 bits per heavy atom. The second kappa shape index (κ2) is 9.19. The van der Waals surface area contributed by atoms with Gasteiger partial charge >= 0.3 is 6.09 Å². The van der Waals surface area contributed by atoms with Crippen molar-refractivity contribution in [2.75, 3.05) is 33.8 Å². The van der Waals surface area contributed by atoms with Crippen molar-refractivity contribution < 1.29 is 19.2 Å². The molecule has 1 aliphatic heterocycles. The second-order valence-electron chi connectivity index (χ2n) is 7.83. The van der Waals surface area contributed by atoms with Crippen LogP contribution in [0.2, 0.25) is 0 Å². The number of hydrogen-bond donors (Lipinski definition) is 0. The monoisotopic (exact) mass is 377 g/mol. The van der Waals surface area contributed by atoms with Crippen LogP contribution in [0.25, 0.3) is 0 Å². The van der Waals surface area contributed by atoms with E-state index in [1.54, 1.807) is 11.9 Å². The smallest absolute Gasteiger partial charge is 0.410 e. The van der Waals surface area contributed by atoms with Gasteiger partial charge in [-0.05, 0) is 26.3 Å². The van der Waals surface area contributed by atoms with E-state index in [0.717, 1.165) is 13.1 Å². The molecular formula is C20H31N3O4. The van der Waals surface area contributed by atoms with Gasteiger partial charge in [-0.3, -0.25) is 14.5 Å². The summed E-state index contributed by atoms with van der Waals surface area (Å²) in [7, 11) is 3.02. The summed E-state index contributed by atoms with van der Waals surface area (Å²) < 4.78 is 5.54. The van der Waals surface area contributed by atoms with Crippen molar-refractivity contribution >= 4 is 12.0 Å². The van der Waals surface area contributed by atoms with Crippen molar-refractivity contribution in [3.8, 4) is 0 Å². The predicted molar refractivity (Wildman–Crippen MR) is 103 cm³/mol. The first-order chi connectivity index (χ1) is 12.7. The molecule has 0 N–H and O–H groups in total. The minimum Gasteiger partial charge on any atom is -0.444 e. The van der Waals surface area contributed by atoms with E-state index in [1.165, 1.54) is 17.7 Å². The zero-order valence-electron chi connectivity index (χ0n) is 17.0. The molecular weight excluding hydrogens is 346 g/mol. The van der Waals surface area contributed by atoms with E-state index >= 15 is 0 Å². The Balaban J connectivity index is 2.09. The van der Waals surface area contributed by atoms with Crippen LogP contribution in [-0.2, 0) is 20.9 Å². The maximum atomic E-state index is 12.6. The number of amides is 2. The van der Waals surface area contributed by atoms with Crippen LogP contribution in [0.3, 0.4) is 0 Å². The van der Waals surface area contributed by atoms with Gasteiger partial charge in [0.05, 0.1) is 19.6 Å². The third-order valence-electron chi connectivity index (χ3n) is 4.48. The van der Waals surface area contributed by atoms with Crippen LogP contribution in [0, 0.1) is 0 Å². The number of carbonyl (C=O) groups is 2. The Bertz CT molecular complexity index is 630. The number of rotatable bonds is 5. The predicted octanol–water partition coefficient (Wildman–Crippen LogP) is 2.52. The fraction of sp³-hybridized carbons (Fsp3) is 0.600. The van der Waals surface area contributed by atoms with E-state index in [-0.39, 0.29) is 24.5 Å². The minimum atomic E-state index is -0.573. The largest absolute Gasteiger partial charge is 0.444 e. The highest BCUT2D eigenvalue weighted by atomic mass is 16.7. The summed E-state index contributed by atoms with van der Waals surface area (Å²) in [5, 5.41) is 1.20. The Morgan fingerprint density at radius 2 is 1.85 bits per heavy atom. The van der Waals surface area contributed by atoms with Crippen LogP contribution in [0.4, 0.5) is 4.79 Å². The van der Waals surface area contributed by atoms with E-state index in [2.05, 4.69) is 17.0 Å². The number of piperazine rings is 1. The molecule has 1 aliphatic rings. The van der Waals surface area contributed by atoms with Gasteiger partial charge in [-0.25, -0.2) is 9.86 Å². The second-order valence-corrected chi connectivity index (χ2v) is 7.83. The number of nitrogens with zero attached hydrogens (tertiary/aromatic N) is 3. The topological polar surface area (TPSA) is 62.3 Å². The average Bonchev–Trinajstić information content (AvgIpc) is 2.60. The molecule has 0 aliphatic carbocycles. The van der Waals surface area contributed by atoms with Gasteiger partial charge in [-0.15, -0.1) is 0 Å². The van der Waals surface area contributed by atoms with Crippen molar-refractivity contribution in [3.05, 3.63) is 35.9 Å². The van der Waals surface area contributed by atoms with Crippen LogP contribution in [0.5, 0.6) is 0 Å². The van der Waals surface area contributed by atoms with E-state index < -0.39 is 5.60 Å². The quantitative estimate of drug-likeness (QED) is 0.738. The number of hydroxylamine groups is 2. The Labute approximate surface area is 161 Å². The number of hydrogen-bond acceptors (Lipinski definition) is 5. The van der Waals surface area contributed by atoms with Crippen molar-refractivity contribution in [1.29, 1.82) is 0 Å². The van der Waals surface area contributed by atoms with Crippen LogP contribution in [-0.4, -0.2) is 72.3 Å². The molecule has 1 atom stereocenters. The van der Waals surface area contributed by atoms with Crippen LogP contribution < -0.4 is 0 Å². The van der Waals surface area contributed by atoms with Gasteiger partial charge in [0.2, 0.25) is 5.91 Å². The fourth-order valence-corrected chi connectivity index (χ4v) is 3.07. The van der Waals surface area contributed by atoms with E-state index in [0.29, 0.717) is 13.1 Å². The molecule has 1 heterocycles. The maximum absolute atomic E-state index is 12.6. The summed E-state index contributed by atoms with van der Waals surface area (Å²) in [6, 6.07) is 9.92. The highest BCUT2D eigenvalue weighted by Crippen LogP contribution is 2.20. The van der Waals surface area contributed by atoms with Gasteiger partial charge in [-0.1, -0.05) is 30.3 Å². The lowest BCUT2D eigenvalue weighted by Crippen LogP contribution is -2.56. The van der Waals surface area contributed by atoms with Gasteiger partial charge in [-0.2, -0.15) is 0 Å². The molecule has 0 radical (unpaired) electrons. The molecule has 150 valence electrons. The number of benzene rings is 1. The van der Waals surface area contributed by atoms with Crippen molar-refractivity contribution in [3.63, 3.8) is 0 Å². The Morgan fingerprint density at radius 1 is 1.19 bits per heavy atom. The third-order valence-corrected chi connectivity index (χ3v) is 4.48. The first-order valence-corrected chi connectivity index (χ1v) is 9.26. The lowest BCUT2D eigenvalue weighted by Gasteiger charge is -2.41. The summed E-state index contributed by atoms with van der Waals surface area (Å²) in [6.45, 7) is 8.18. The molecule has 2 rings (SSSR count). The molecule has 0 bridgehead atoms. The summed E-state index contributed by atoms with van der Waals surface area (Å²) in [5.74, 6) is -0.169. The molecule has 27 heavy (non-hydrogen) atoms. The molecule has 2 amide bonds. The Kier molecular flexibility index (Phi) is 7.21. The molecule has 1 saturated heterocycles. The molecule has 1 aromatic rings. The zero-order valence-corrected chi connectivity index (χ0v) is 17.0. The highest BCUT2D eigenvalue weighted by molar-refractivity contribution is 5.77. The molecule has 0 aromatic heterocycles. The molecule has 0 spiro atoms. The normalized spacial score (nSPS) is 18.3. The maximum Gasteiger partial charge on any atom is 0.410 e.